The van der Waals surface area contributed by atoms with E-state index in [2.05, 4.69) is 86.8 Å². The number of hydrogen-bond acceptors (Lipinski definition) is 8. The van der Waals surface area contributed by atoms with Crippen molar-refractivity contribution in [3.8, 4) is 0 Å². The van der Waals surface area contributed by atoms with Gasteiger partial charge in [-0.05, 0) is 77.0 Å². The number of aliphatic carboxylic acids is 1. The predicted molar refractivity (Wildman–Crippen MR) is 232 cm³/mol. The van der Waals surface area contributed by atoms with Crippen LogP contribution in [0.5, 0.6) is 0 Å². The molecule has 9 heteroatoms. The summed E-state index contributed by atoms with van der Waals surface area (Å²) in [5.41, 5.74) is 0. The largest absolute Gasteiger partial charge is 0.545 e. The summed E-state index contributed by atoms with van der Waals surface area (Å²) in [5.74, 6) is -2.42. The third-order valence-electron chi connectivity index (χ3n) is 8.64. The average molecular weight is 798 g/mol. The molecule has 0 rings (SSSR count). The number of carboxylic acids is 1. The van der Waals surface area contributed by atoms with E-state index in [0.29, 0.717) is 23.9 Å². The number of nitrogens with zero attached hydrogens (tertiary/aromatic N) is 1. The van der Waals surface area contributed by atoms with Crippen LogP contribution in [0.4, 0.5) is 0 Å². The molecule has 0 N–H and O–H groups in total. The van der Waals surface area contributed by atoms with E-state index in [1.165, 1.54) is 32.1 Å². The molecule has 2 unspecified atom stereocenters. The molecule has 0 saturated carbocycles. The first-order valence-corrected chi connectivity index (χ1v) is 21.7. The molecule has 0 aliphatic rings. The minimum Gasteiger partial charge on any atom is -0.545 e. The van der Waals surface area contributed by atoms with Gasteiger partial charge in [0.1, 0.15) is 13.2 Å². The van der Waals surface area contributed by atoms with Crippen molar-refractivity contribution in [2.75, 3.05) is 47.5 Å². The minimum absolute atomic E-state index is 0.116. The zero-order valence-electron chi connectivity index (χ0n) is 36.4. The fourth-order valence-electron chi connectivity index (χ4n) is 5.26. The Bertz CT molecular complexity index is 1210. The van der Waals surface area contributed by atoms with Gasteiger partial charge in [0, 0.05) is 12.8 Å². The lowest BCUT2D eigenvalue weighted by Crippen LogP contribution is -2.44. The van der Waals surface area contributed by atoms with Crippen LogP contribution >= 0.6 is 0 Å². The molecule has 9 nitrogen and oxygen atoms in total. The molecule has 0 saturated heterocycles. The highest BCUT2D eigenvalue weighted by atomic mass is 16.7. The lowest BCUT2D eigenvalue weighted by Gasteiger charge is -2.26. The molecule has 0 radical (unpaired) electrons. The van der Waals surface area contributed by atoms with E-state index >= 15 is 0 Å². The molecule has 0 aromatic carbocycles. The molecule has 0 amide bonds. The quantitative estimate of drug-likeness (QED) is 0.0200. The molecule has 0 bridgehead atoms. The van der Waals surface area contributed by atoms with Crippen LogP contribution in [-0.4, -0.2) is 82.3 Å². The van der Waals surface area contributed by atoms with E-state index in [4.69, 9.17) is 18.9 Å². The Morgan fingerprint density at radius 3 is 1.56 bits per heavy atom. The maximum atomic E-state index is 12.7. The molecule has 0 aromatic rings. The van der Waals surface area contributed by atoms with Gasteiger partial charge in [0.15, 0.2) is 12.4 Å². The Balaban J connectivity index is 4.63. The first kappa shape index (κ1) is 53.5. The summed E-state index contributed by atoms with van der Waals surface area (Å²) in [5, 5.41) is 11.7. The molecular formula is C48H79NO8. The van der Waals surface area contributed by atoms with E-state index < -0.39 is 30.3 Å². The van der Waals surface area contributed by atoms with Crippen LogP contribution in [0.3, 0.4) is 0 Å². The van der Waals surface area contributed by atoms with E-state index in [1.54, 1.807) is 0 Å². The summed E-state index contributed by atoms with van der Waals surface area (Å²) in [6, 6.07) is 0. The monoisotopic (exact) mass is 798 g/mol. The number of quaternary nitrogens is 1. The van der Waals surface area contributed by atoms with Crippen molar-refractivity contribution >= 4 is 17.9 Å². The van der Waals surface area contributed by atoms with Crippen molar-refractivity contribution in [1.29, 1.82) is 0 Å². The van der Waals surface area contributed by atoms with Gasteiger partial charge in [0.05, 0.1) is 40.3 Å². The normalized spacial score (nSPS) is 13.8. The van der Waals surface area contributed by atoms with Crippen LogP contribution in [0.25, 0.3) is 0 Å². The molecule has 0 fully saturated rings. The van der Waals surface area contributed by atoms with Crippen LogP contribution in [0, 0.1) is 0 Å². The van der Waals surface area contributed by atoms with Gasteiger partial charge < -0.3 is 33.3 Å². The summed E-state index contributed by atoms with van der Waals surface area (Å²) in [7, 11) is 5.87. The molecule has 0 aliphatic carbocycles. The first-order valence-electron chi connectivity index (χ1n) is 21.7. The van der Waals surface area contributed by atoms with Gasteiger partial charge >= 0.3 is 11.9 Å². The first-order chi connectivity index (χ1) is 27.6. The molecule has 0 heterocycles. The van der Waals surface area contributed by atoms with Crippen LogP contribution in [0.2, 0.25) is 0 Å². The zero-order valence-corrected chi connectivity index (χ0v) is 36.4. The Morgan fingerprint density at radius 1 is 0.544 bits per heavy atom. The molecule has 0 aromatic heterocycles. The van der Waals surface area contributed by atoms with Crippen molar-refractivity contribution in [3.05, 3.63) is 85.1 Å². The maximum absolute atomic E-state index is 12.7. The van der Waals surface area contributed by atoms with Gasteiger partial charge in [0.25, 0.3) is 0 Å². The molecule has 0 spiro atoms. The van der Waals surface area contributed by atoms with E-state index in [1.807, 2.05) is 33.3 Å². The fourth-order valence-corrected chi connectivity index (χ4v) is 5.26. The van der Waals surface area contributed by atoms with Crippen LogP contribution in [0.1, 0.15) is 142 Å². The van der Waals surface area contributed by atoms with Crippen molar-refractivity contribution in [2.24, 2.45) is 0 Å². The average Bonchev–Trinajstić information content (AvgIpc) is 3.17. The number of likely N-dealkylation sites (N-methyl/N-ethyl adjacent to an activating group) is 1. The van der Waals surface area contributed by atoms with Gasteiger partial charge in [0.2, 0.25) is 0 Å². The topological polar surface area (TPSA) is 111 Å². The molecule has 324 valence electrons. The number of esters is 2. The Labute approximate surface area is 347 Å². The Hall–Kier alpha value is -3.53. The van der Waals surface area contributed by atoms with E-state index in [0.717, 1.165) is 70.6 Å². The molecule has 0 aliphatic heterocycles. The van der Waals surface area contributed by atoms with Gasteiger partial charge in [-0.2, -0.15) is 0 Å². The van der Waals surface area contributed by atoms with Crippen molar-refractivity contribution < 1.29 is 42.9 Å². The number of carboxylic acid groups (broad SMARTS) is 1. The second kappa shape index (κ2) is 39.3. The number of unbranched alkanes of at least 4 members (excludes halogenated alkanes) is 9. The number of ether oxygens (including phenoxy) is 4. The summed E-state index contributed by atoms with van der Waals surface area (Å²) >= 11 is 0. The predicted octanol–water partition coefficient (Wildman–Crippen LogP) is 9.99. The second-order valence-electron chi connectivity index (χ2n) is 15.2. The molecule has 2 atom stereocenters. The lowest BCUT2D eigenvalue weighted by molar-refractivity contribution is -0.870. The SMILES string of the molecule is CC/C=C\C/C=C\C/C=C\C/C=C\C/C=C\C/C=C\CCC(=O)OC(COC(=O)CCCCCCC/C=C\CCCCCC)COC(OCC[N+](C)(C)C)C(=O)[O-]. The van der Waals surface area contributed by atoms with Crippen LogP contribution < -0.4 is 5.11 Å². The smallest absolute Gasteiger partial charge is 0.306 e. The third kappa shape index (κ3) is 40.5. The number of carbonyl (C=O) groups excluding carboxylic acids is 3. The Kier molecular flexibility index (Phi) is 36.9. The van der Waals surface area contributed by atoms with E-state index in [9.17, 15) is 19.5 Å². The van der Waals surface area contributed by atoms with Gasteiger partial charge in [-0.3, -0.25) is 9.59 Å². The summed E-state index contributed by atoms with van der Waals surface area (Å²) in [6.07, 6.45) is 46.3. The maximum Gasteiger partial charge on any atom is 0.306 e. The van der Waals surface area contributed by atoms with Crippen molar-refractivity contribution in [1.82, 2.24) is 0 Å². The van der Waals surface area contributed by atoms with Crippen LogP contribution in [0.15, 0.2) is 85.1 Å². The fraction of sp³-hybridized carbons (Fsp3) is 0.646. The minimum atomic E-state index is -1.64. The van der Waals surface area contributed by atoms with Crippen molar-refractivity contribution in [3.63, 3.8) is 0 Å². The summed E-state index contributed by atoms with van der Waals surface area (Å²) in [6.45, 7) is 4.48. The van der Waals surface area contributed by atoms with Gasteiger partial charge in [-0.15, -0.1) is 0 Å². The number of rotatable bonds is 38. The molecule has 57 heavy (non-hydrogen) atoms. The van der Waals surface area contributed by atoms with E-state index in [-0.39, 0.29) is 32.7 Å². The van der Waals surface area contributed by atoms with Crippen molar-refractivity contribution in [2.45, 2.75) is 155 Å². The second-order valence-corrected chi connectivity index (χ2v) is 15.2. The number of carbonyl (C=O) groups is 3. The third-order valence-corrected chi connectivity index (χ3v) is 8.64. The summed E-state index contributed by atoms with van der Waals surface area (Å²) < 4.78 is 22.4. The Morgan fingerprint density at radius 2 is 1.04 bits per heavy atom. The number of allylic oxidation sites excluding steroid dienone is 14. The zero-order chi connectivity index (χ0) is 42.1. The lowest BCUT2D eigenvalue weighted by atomic mass is 10.1. The summed E-state index contributed by atoms with van der Waals surface area (Å²) in [4.78, 5) is 36.9. The van der Waals surface area contributed by atoms with Gasteiger partial charge in [-0.1, -0.05) is 137 Å². The highest BCUT2D eigenvalue weighted by molar-refractivity contribution is 5.70. The van der Waals surface area contributed by atoms with Crippen LogP contribution in [-0.2, 0) is 33.3 Å². The molecular weight excluding hydrogens is 719 g/mol. The standard InChI is InChI=1S/C48H79NO8/c1-6-8-10-12-14-16-18-20-21-22-23-24-25-27-29-31-33-35-37-39-46(51)57-44(43-56-48(47(52)53)54-41-40-49(3,4)5)42-55-45(50)38-36-34-32-30-28-26-19-17-15-13-11-9-7-2/h8,10,14,16-17,19-21,23-24,27,29,33,35,44,48H,6-7,9,11-13,15,18,22,25-26,28,30-32,34,36-43H2,1-5H3/b10-8-,16-14-,19-17-,21-20-,24-23-,29-27-,35-33-. The number of hydrogen-bond donors (Lipinski definition) is 0. The van der Waals surface area contributed by atoms with Gasteiger partial charge in [-0.25, -0.2) is 0 Å². The highest BCUT2D eigenvalue weighted by Gasteiger charge is 2.21. The highest BCUT2D eigenvalue weighted by Crippen LogP contribution is 2.11.